The van der Waals surface area contributed by atoms with Gasteiger partial charge >= 0.3 is 0 Å². The Morgan fingerprint density at radius 2 is 0.714 bits per heavy atom. The van der Waals surface area contributed by atoms with Crippen LogP contribution in [-0.2, 0) is 0 Å². The van der Waals surface area contributed by atoms with Crippen LogP contribution in [0.1, 0.15) is 0 Å². The molecule has 0 spiro atoms. The van der Waals surface area contributed by atoms with Crippen molar-refractivity contribution in [2.45, 2.75) is 0 Å². The molecule has 0 aliphatic rings. The van der Waals surface area contributed by atoms with Crippen molar-refractivity contribution in [3.8, 4) is 56.4 Å². The maximum Gasteiger partial charge on any atom is 0.164 e. The molecule has 0 bridgehead atoms. The highest BCUT2D eigenvalue weighted by Crippen LogP contribution is 2.31. The van der Waals surface area contributed by atoms with Crippen LogP contribution >= 0.6 is 0 Å². The number of hydrogen-bond acceptors (Lipinski definition) is 3. The molecule has 1 heterocycles. The first-order valence-corrected chi connectivity index (χ1v) is 13.6. The van der Waals surface area contributed by atoms with Crippen molar-refractivity contribution in [2.75, 3.05) is 0 Å². The SMILES string of the molecule is Fc1ccc(-c2nc(-c3ccc(F)cc3)nc(-c3ccc(-c4cccc(-c5ccc6ccccc6c5)c4)cc3)n2)cc1. The zero-order valence-electron chi connectivity index (χ0n) is 22.4. The maximum atomic E-state index is 13.6. The van der Waals surface area contributed by atoms with Gasteiger partial charge in [-0.1, -0.05) is 78.9 Å². The Labute approximate surface area is 241 Å². The Morgan fingerprint density at radius 3 is 1.26 bits per heavy atom. The number of nitrogens with zero attached hydrogens (tertiary/aromatic N) is 3. The van der Waals surface area contributed by atoms with Gasteiger partial charge in [0.15, 0.2) is 17.5 Å². The number of halogens is 2. The summed E-state index contributed by atoms with van der Waals surface area (Å²) < 4.78 is 27.2. The minimum atomic E-state index is -0.341. The molecule has 0 radical (unpaired) electrons. The molecule has 0 saturated carbocycles. The van der Waals surface area contributed by atoms with E-state index in [1.807, 2.05) is 24.3 Å². The van der Waals surface area contributed by atoms with E-state index >= 15 is 0 Å². The van der Waals surface area contributed by atoms with Crippen LogP contribution in [0, 0.1) is 11.6 Å². The van der Waals surface area contributed by atoms with E-state index in [0.29, 0.717) is 28.6 Å². The first kappa shape index (κ1) is 25.4. The number of aromatic nitrogens is 3. The van der Waals surface area contributed by atoms with E-state index in [1.54, 1.807) is 24.3 Å². The lowest BCUT2D eigenvalue weighted by molar-refractivity contribution is 0.627. The second-order valence-corrected chi connectivity index (χ2v) is 10.0. The van der Waals surface area contributed by atoms with Crippen molar-refractivity contribution in [2.24, 2.45) is 0 Å². The molecule has 0 aliphatic carbocycles. The van der Waals surface area contributed by atoms with Crippen molar-refractivity contribution in [3.63, 3.8) is 0 Å². The van der Waals surface area contributed by atoms with Gasteiger partial charge in [0.25, 0.3) is 0 Å². The monoisotopic (exact) mass is 547 g/mol. The largest absolute Gasteiger partial charge is 0.208 e. The van der Waals surface area contributed by atoms with Crippen molar-refractivity contribution in [3.05, 3.63) is 151 Å². The summed E-state index contributed by atoms with van der Waals surface area (Å²) >= 11 is 0. The van der Waals surface area contributed by atoms with Gasteiger partial charge in [-0.2, -0.15) is 0 Å². The van der Waals surface area contributed by atoms with Gasteiger partial charge in [0.05, 0.1) is 0 Å². The molecule has 0 saturated heterocycles. The maximum absolute atomic E-state index is 13.6. The smallest absolute Gasteiger partial charge is 0.164 e. The Morgan fingerprint density at radius 1 is 0.310 bits per heavy atom. The van der Waals surface area contributed by atoms with Crippen LogP contribution in [-0.4, -0.2) is 15.0 Å². The minimum absolute atomic E-state index is 0.341. The Bertz CT molecular complexity index is 1970. The lowest BCUT2D eigenvalue weighted by Crippen LogP contribution is -2.00. The van der Waals surface area contributed by atoms with E-state index in [4.69, 9.17) is 9.97 Å². The predicted molar refractivity (Wildman–Crippen MR) is 164 cm³/mol. The van der Waals surface area contributed by atoms with E-state index in [2.05, 4.69) is 71.7 Å². The second-order valence-electron chi connectivity index (χ2n) is 10.0. The van der Waals surface area contributed by atoms with Crippen molar-refractivity contribution >= 4 is 10.8 Å². The fourth-order valence-electron chi connectivity index (χ4n) is 5.02. The van der Waals surface area contributed by atoms with Crippen molar-refractivity contribution in [1.82, 2.24) is 15.0 Å². The molecule has 0 N–H and O–H groups in total. The van der Waals surface area contributed by atoms with Crippen LogP contribution < -0.4 is 0 Å². The van der Waals surface area contributed by atoms with E-state index < -0.39 is 0 Å². The molecule has 3 nitrogen and oxygen atoms in total. The zero-order valence-corrected chi connectivity index (χ0v) is 22.4. The number of fused-ring (bicyclic) bond motifs is 1. The summed E-state index contributed by atoms with van der Waals surface area (Å²) in [6, 6.07) is 43.5. The fourth-order valence-corrected chi connectivity index (χ4v) is 5.02. The molecule has 0 amide bonds. The van der Waals surface area contributed by atoms with Crippen LogP contribution in [0.3, 0.4) is 0 Å². The molecule has 0 fully saturated rings. The molecule has 7 rings (SSSR count). The quantitative estimate of drug-likeness (QED) is 0.215. The minimum Gasteiger partial charge on any atom is -0.208 e. The molecular formula is C37H23F2N3. The van der Waals surface area contributed by atoms with Gasteiger partial charge in [-0.3, -0.25) is 0 Å². The third-order valence-electron chi connectivity index (χ3n) is 7.26. The highest BCUT2D eigenvalue weighted by atomic mass is 19.1. The highest BCUT2D eigenvalue weighted by molar-refractivity contribution is 5.88. The number of rotatable bonds is 5. The lowest BCUT2D eigenvalue weighted by Gasteiger charge is -2.10. The molecule has 6 aromatic carbocycles. The molecule has 0 unspecified atom stereocenters. The van der Waals surface area contributed by atoms with Crippen LogP contribution in [0.5, 0.6) is 0 Å². The summed E-state index contributed by atoms with van der Waals surface area (Å²) in [6.45, 7) is 0. The van der Waals surface area contributed by atoms with Crippen LogP contribution in [0.2, 0.25) is 0 Å². The van der Waals surface area contributed by atoms with Crippen molar-refractivity contribution in [1.29, 1.82) is 0 Å². The standard InChI is InChI=1S/C37H23F2N3/c38-33-18-14-27(15-19-33)36-40-35(41-37(42-36)28-16-20-34(39)21-17-28)26-11-8-25(9-12-26)30-6-3-7-31(22-30)32-13-10-24-4-1-2-5-29(24)23-32/h1-23H. The molecule has 200 valence electrons. The molecule has 42 heavy (non-hydrogen) atoms. The number of benzene rings is 6. The third kappa shape index (κ3) is 5.16. The van der Waals surface area contributed by atoms with Gasteiger partial charge in [-0.05, 0) is 93.7 Å². The zero-order chi connectivity index (χ0) is 28.5. The van der Waals surface area contributed by atoms with E-state index in [0.717, 1.165) is 22.3 Å². The fraction of sp³-hybridized carbons (Fsp3) is 0. The van der Waals surface area contributed by atoms with Crippen LogP contribution in [0.25, 0.3) is 67.2 Å². The first-order valence-electron chi connectivity index (χ1n) is 13.6. The molecule has 7 aromatic rings. The van der Waals surface area contributed by atoms with E-state index in [1.165, 1.54) is 40.6 Å². The van der Waals surface area contributed by atoms with Gasteiger partial charge < -0.3 is 0 Å². The van der Waals surface area contributed by atoms with Crippen LogP contribution in [0.15, 0.2) is 140 Å². The summed E-state index contributed by atoms with van der Waals surface area (Å²) in [5.41, 5.74) is 6.59. The molecule has 1 aromatic heterocycles. The summed E-state index contributed by atoms with van der Waals surface area (Å²) in [6.07, 6.45) is 0. The van der Waals surface area contributed by atoms with Gasteiger partial charge in [0, 0.05) is 16.7 Å². The van der Waals surface area contributed by atoms with Crippen molar-refractivity contribution < 1.29 is 8.78 Å². The third-order valence-corrected chi connectivity index (χ3v) is 7.26. The summed E-state index contributed by atoms with van der Waals surface area (Å²) in [4.78, 5) is 14.0. The normalized spacial score (nSPS) is 11.1. The molecule has 0 atom stereocenters. The topological polar surface area (TPSA) is 38.7 Å². The first-order chi connectivity index (χ1) is 20.6. The molecule has 5 heteroatoms. The van der Waals surface area contributed by atoms with E-state index in [-0.39, 0.29) is 11.6 Å². The average Bonchev–Trinajstić information content (AvgIpc) is 3.05. The second kappa shape index (κ2) is 10.8. The average molecular weight is 548 g/mol. The number of hydrogen-bond donors (Lipinski definition) is 0. The Hall–Kier alpha value is -5.55. The summed E-state index contributed by atoms with van der Waals surface area (Å²) in [7, 11) is 0. The summed E-state index contributed by atoms with van der Waals surface area (Å²) in [5.74, 6) is 0.609. The Balaban J connectivity index is 1.25. The predicted octanol–water partition coefficient (Wildman–Crippen LogP) is 9.64. The Kier molecular flexibility index (Phi) is 6.53. The molecule has 0 aliphatic heterocycles. The lowest BCUT2D eigenvalue weighted by atomic mass is 9.97. The van der Waals surface area contributed by atoms with E-state index in [9.17, 15) is 8.78 Å². The summed E-state index contributed by atoms with van der Waals surface area (Å²) in [5, 5.41) is 2.43. The van der Waals surface area contributed by atoms with Gasteiger partial charge in [0.1, 0.15) is 11.6 Å². The highest BCUT2D eigenvalue weighted by Gasteiger charge is 2.13. The van der Waals surface area contributed by atoms with Gasteiger partial charge in [0.2, 0.25) is 0 Å². The van der Waals surface area contributed by atoms with Crippen LogP contribution in [0.4, 0.5) is 8.78 Å². The molecular weight excluding hydrogens is 524 g/mol. The van der Waals surface area contributed by atoms with Gasteiger partial charge in [-0.25, -0.2) is 23.7 Å². The van der Waals surface area contributed by atoms with Gasteiger partial charge in [-0.15, -0.1) is 0 Å².